The number of aliphatic imine (C=N–C) groups is 1. The van der Waals surface area contributed by atoms with Gasteiger partial charge in [-0.2, -0.15) is 0 Å². The second kappa shape index (κ2) is 17.6. The van der Waals surface area contributed by atoms with Gasteiger partial charge < -0.3 is 15.2 Å². The number of carbonyl (C=O) groups is 2. The molecule has 1 saturated heterocycles. The van der Waals surface area contributed by atoms with Gasteiger partial charge in [-0.3, -0.25) is 14.7 Å². The van der Waals surface area contributed by atoms with Crippen molar-refractivity contribution in [2.75, 3.05) is 40.4 Å². The van der Waals surface area contributed by atoms with E-state index in [4.69, 9.17) is 14.6 Å². The topological polar surface area (TPSA) is 104 Å². The molecule has 0 amide bonds. The van der Waals surface area contributed by atoms with Gasteiger partial charge in [-0.05, 0) is 37.2 Å². The minimum absolute atomic E-state index is 0.0916. The number of esters is 1. The van der Waals surface area contributed by atoms with Crippen molar-refractivity contribution >= 4 is 45.4 Å². The van der Waals surface area contributed by atoms with Crippen molar-refractivity contribution in [2.24, 2.45) is 4.99 Å². The maximum absolute atomic E-state index is 13.6. The van der Waals surface area contributed by atoms with Gasteiger partial charge in [0, 0.05) is 41.8 Å². The molecular weight excluding hydrogens is 589 g/mol. The van der Waals surface area contributed by atoms with Crippen molar-refractivity contribution in [3.63, 3.8) is 0 Å². The molecule has 0 saturated carbocycles. The van der Waals surface area contributed by atoms with E-state index in [-0.39, 0.29) is 31.9 Å². The molecule has 0 unspecified atom stereocenters. The Morgan fingerprint density at radius 3 is 2.61 bits per heavy atom. The van der Waals surface area contributed by atoms with Crippen LogP contribution < -0.4 is 5.32 Å². The number of allylic oxidation sites excluding steroid dienone is 1. The van der Waals surface area contributed by atoms with Gasteiger partial charge in [0.25, 0.3) is 5.92 Å². The lowest BCUT2D eigenvalue weighted by atomic mass is 10.1. The third-order valence-corrected chi connectivity index (χ3v) is 6.11. The predicted octanol–water partition coefficient (Wildman–Crippen LogP) is 4.22. The van der Waals surface area contributed by atoms with Crippen molar-refractivity contribution in [3.05, 3.63) is 75.1 Å². The van der Waals surface area contributed by atoms with Crippen LogP contribution in [0.15, 0.2) is 69.2 Å². The highest BCUT2D eigenvalue weighted by Crippen LogP contribution is 2.27. The average Bonchev–Trinajstić information content (AvgIpc) is 3.44. The number of methoxy groups -OCH3 is 1. The summed E-state index contributed by atoms with van der Waals surface area (Å²) in [6.07, 6.45) is 3.83. The lowest BCUT2D eigenvalue weighted by molar-refractivity contribution is -0.136. The molecule has 1 aromatic carbocycles. The van der Waals surface area contributed by atoms with Gasteiger partial charge in [0.2, 0.25) is 0 Å². The predicted molar refractivity (Wildman–Crippen MR) is 145 cm³/mol. The van der Waals surface area contributed by atoms with Gasteiger partial charge >= 0.3 is 5.97 Å². The number of alkyl halides is 2. The van der Waals surface area contributed by atoms with Crippen LogP contribution in [0.3, 0.4) is 0 Å². The minimum atomic E-state index is -2.69. The first-order valence-electron chi connectivity index (χ1n) is 11.2. The number of ether oxygens (including phenoxy) is 1. The second-order valence-electron chi connectivity index (χ2n) is 7.56. The Balaban J connectivity index is 0.000000426. The summed E-state index contributed by atoms with van der Waals surface area (Å²) in [6, 6.07) is 6.26. The fourth-order valence-corrected chi connectivity index (χ4v) is 4.25. The van der Waals surface area contributed by atoms with E-state index in [9.17, 15) is 18.0 Å². The molecule has 38 heavy (non-hydrogen) atoms. The van der Waals surface area contributed by atoms with Crippen molar-refractivity contribution in [3.8, 4) is 0 Å². The highest BCUT2D eigenvalue weighted by Gasteiger charge is 2.36. The van der Waals surface area contributed by atoms with Crippen LogP contribution in [-0.2, 0) is 14.3 Å². The number of thiazole rings is 1. The number of aromatic nitrogens is 1. The Labute approximate surface area is 232 Å². The number of nitrogens with one attached hydrogen (secondary N) is 1. The van der Waals surface area contributed by atoms with Gasteiger partial charge in [-0.15, -0.1) is 11.3 Å². The molecule has 0 atom stereocenters. The van der Waals surface area contributed by atoms with Gasteiger partial charge in [0.15, 0.2) is 10.8 Å². The highest BCUT2D eigenvalue weighted by molar-refractivity contribution is 9.10. The molecule has 0 radical (unpaired) electrons. The van der Waals surface area contributed by atoms with Gasteiger partial charge in [-0.25, -0.2) is 22.9 Å². The van der Waals surface area contributed by atoms with Crippen molar-refractivity contribution in [1.29, 1.82) is 0 Å². The Hall–Kier alpha value is -2.87. The van der Waals surface area contributed by atoms with E-state index in [0.717, 1.165) is 11.6 Å². The number of rotatable bonds is 5. The van der Waals surface area contributed by atoms with Crippen LogP contribution >= 0.6 is 27.3 Å². The normalized spacial score (nSPS) is 16.0. The number of carbonyl (C=O) groups excluding carboxylic acids is 2. The first-order chi connectivity index (χ1) is 18.2. The molecule has 2 aliphatic heterocycles. The molecule has 2 aliphatic rings. The van der Waals surface area contributed by atoms with Crippen LogP contribution in [0.25, 0.3) is 0 Å². The second-order valence-corrected chi connectivity index (χ2v) is 9.37. The van der Waals surface area contributed by atoms with E-state index in [2.05, 4.69) is 37.8 Å². The first kappa shape index (κ1) is 33.2. The number of hydrogen-bond acceptors (Lipinski definition) is 9. The highest BCUT2D eigenvalue weighted by atomic mass is 79.9. The average molecular weight is 620 g/mol. The van der Waals surface area contributed by atoms with E-state index < -0.39 is 11.9 Å². The molecule has 208 valence electrons. The van der Waals surface area contributed by atoms with Crippen LogP contribution in [0.5, 0.6) is 0 Å². The molecule has 1 aromatic heterocycles. The summed E-state index contributed by atoms with van der Waals surface area (Å²) < 4.78 is 45.0. The van der Waals surface area contributed by atoms with Gasteiger partial charge in [0.05, 0.1) is 25.8 Å². The number of halogens is 4. The number of amidine groups is 1. The Morgan fingerprint density at radius 1 is 1.39 bits per heavy atom. The summed E-state index contributed by atoms with van der Waals surface area (Å²) in [6.45, 7) is 3.74. The van der Waals surface area contributed by atoms with Gasteiger partial charge in [-0.1, -0.05) is 28.6 Å². The van der Waals surface area contributed by atoms with E-state index in [0.29, 0.717) is 41.4 Å². The molecule has 13 heteroatoms. The summed E-state index contributed by atoms with van der Waals surface area (Å²) in [5.74, 6) is -2.84. The van der Waals surface area contributed by atoms with Crippen LogP contribution in [0, 0.1) is 5.82 Å². The number of nitrogens with zero attached hydrogens (tertiary/aromatic N) is 3. The van der Waals surface area contributed by atoms with E-state index in [1.165, 1.54) is 36.7 Å². The fourth-order valence-electron chi connectivity index (χ4n) is 3.28. The van der Waals surface area contributed by atoms with Crippen LogP contribution in [0.1, 0.15) is 17.8 Å². The maximum Gasteiger partial charge on any atom is 0.337 e. The third kappa shape index (κ3) is 11.7. The summed E-state index contributed by atoms with van der Waals surface area (Å²) in [7, 11) is 2.29. The molecule has 0 aliphatic carbocycles. The molecule has 1 fully saturated rings. The SMILES string of the molecule is C=CC=O.CO.COC(=O)C1=C(CN2CCCC(F)(F)C2)NC(c2nccs2)=NC1.Fc1cccc(Br)c1. The molecule has 0 bridgehead atoms. The van der Waals surface area contributed by atoms with E-state index >= 15 is 0 Å². The number of aliphatic hydroxyl groups is 1. The number of benzene rings is 1. The van der Waals surface area contributed by atoms with Crippen LogP contribution in [0.4, 0.5) is 13.2 Å². The molecular formula is C25H30BrF3N4O4S. The molecule has 0 spiro atoms. The Kier molecular flexibility index (Phi) is 15.4. The lowest BCUT2D eigenvalue weighted by Crippen LogP contribution is -2.46. The molecule has 8 nitrogen and oxygen atoms in total. The maximum atomic E-state index is 13.6. The summed E-state index contributed by atoms with van der Waals surface area (Å²) in [5, 5.41) is 12.6. The lowest BCUT2D eigenvalue weighted by Gasteiger charge is -2.34. The van der Waals surface area contributed by atoms with E-state index in [1.807, 2.05) is 5.38 Å². The summed E-state index contributed by atoms with van der Waals surface area (Å²) in [4.78, 5) is 31.2. The third-order valence-electron chi connectivity index (χ3n) is 4.83. The molecule has 4 rings (SSSR count). The summed E-state index contributed by atoms with van der Waals surface area (Å²) >= 11 is 4.54. The van der Waals surface area contributed by atoms with Gasteiger partial charge in [0.1, 0.15) is 12.1 Å². The fraction of sp³-hybridized carbons (Fsp3) is 0.360. The van der Waals surface area contributed by atoms with Crippen LogP contribution in [-0.4, -0.2) is 79.4 Å². The number of aliphatic hydroxyl groups excluding tert-OH is 1. The zero-order chi connectivity index (χ0) is 28.6. The van der Waals surface area contributed by atoms with Crippen molar-refractivity contribution in [1.82, 2.24) is 15.2 Å². The molecule has 2 N–H and O–H groups in total. The number of likely N-dealkylation sites (tertiary alicyclic amines) is 1. The standard InChI is InChI=1S/C15H18F2N4O2S.C6H4BrF.C3H4O.CH4O/c1-23-14(22)10-7-19-12(13-18-4-6-24-13)20-11(10)8-21-5-2-3-15(16,17)9-21;7-5-2-1-3-6(8)4-5;1-2-3-4;1-2/h4,6H,2-3,5,7-9H2,1H3,(H,19,20);1-4H;2-3H,1H2;2H,1H3. The Morgan fingerprint density at radius 2 is 2.11 bits per heavy atom. The molecule has 3 heterocycles. The first-order valence-corrected chi connectivity index (χ1v) is 12.9. The zero-order valence-electron chi connectivity index (χ0n) is 21.0. The molecule has 2 aromatic rings. The van der Waals surface area contributed by atoms with Crippen molar-refractivity contribution in [2.45, 2.75) is 18.8 Å². The number of piperidine rings is 1. The smallest absolute Gasteiger partial charge is 0.337 e. The van der Waals surface area contributed by atoms with E-state index in [1.54, 1.807) is 23.2 Å². The number of aldehydes is 1. The largest absolute Gasteiger partial charge is 0.466 e. The number of hydrogen-bond donors (Lipinski definition) is 2. The quantitative estimate of drug-likeness (QED) is 0.294. The zero-order valence-corrected chi connectivity index (χ0v) is 23.4. The van der Waals surface area contributed by atoms with Crippen LogP contribution in [0.2, 0.25) is 0 Å². The minimum Gasteiger partial charge on any atom is -0.466 e. The monoisotopic (exact) mass is 618 g/mol. The Bertz CT molecular complexity index is 1070. The van der Waals surface area contributed by atoms with Crippen molar-refractivity contribution < 1.29 is 32.6 Å². The summed E-state index contributed by atoms with van der Waals surface area (Å²) in [5.41, 5.74) is 0.923.